The van der Waals surface area contributed by atoms with Gasteiger partial charge in [-0.05, 0) is 44.1 Å². The molecule has 4 heteroatoms. The molecule has 0 aromatic heterocycles. The Bertz CT molecular complexity index is 452. The second kappa shape index (κ2) is 8.62. The van der Waals surface area contributed by atoms with E-state index in [4.69, 9.17) is 0 Å². The molecular formula is C18H28N2S2. The Balaban J connectivity index is 1.63. The van der Waals surface area contributed by atoms with Crippen LogP contribution in [0.1, 0.15) is 24.0 Å². The van der Waals surface area contributed by atoms with Gasteiger partial charge >= 0.3 is 0 Å². The standard InChI is InChI=1S/C18H28N2S2/c1-19(18-14-21-10-11-22-15-18)12-16-6-2-3-7-17(16)13-20-8-4-5-9-20/h2-3,6-7,18H,4-5,8-15H2,1H3. The topological polar surface area (TPSA) is 6.48 Å². The average molecular weight is 337 g/mol. The van der Waals surface area contributed by atoms with Crippen LogP contribution in [0.25, 0.3) is 0 Å². The summed E-state index contributed by atoms with van der Waals surface area (Å²) < 4.78 is 0. The molecule has 1 aromatic carbocycles. The number of benzene rings is 1. The Hall–Kier alpha value is -0.160. The Morgan fingerprint density at radius 2 is 1.68 bits per heavy atom. The van der Waals surface area contributed by atoms with Crippen molar-refractivity contribution in [3.05, 3.63) is 35.4 Å². The largest absolute Gasteiger partial charge is 0.299 e. The van der Waals surface area contributed by atoms with Crippen LogP contribution in [0.4, 0.5) is 0 Å². The van der Waals surface area contributed by atoms with Crippen LogP contribution >= 0.6 is 23.5 Å². The van der Waals surface area contributed by atoms with Crippen LogP contribution in [0.5, 0.6) is 0 Å². The van der Waals surface area contributed by atoms with Gasteiger partial charge in [0.25, 0.3) is 0 Å². The summed E-state index contributed by atoms with van der Waals surface area (Å²) in [6.45, 7) is 4.79. The lowest BCUT2D eigenvalue weighted by molar-refractivity contribution is 0.270. The molecule has 2 fully saturated rings. The van der Waals surface area contributed by atoms with E-state index in [2.05, 4.69) is 64.6 Å². The molecule has 0 unspecified atom stereocenters. The third-order valence-corrected chi connectivity index (χ3v) is 7.23. The molecule has 2 saturated heterocycles. The van der Waals surface area contributed by atoms with Crippen LogP contribution in [0.15, 0.2) is 24.3 Å². The number of rotatable bonds is 5. The molecule has 0 atom stereocenters. The van der Waals surface area contributed by atoms with Crippen LogP contribution in [0.3, 0.4) is 0 Å². The van der Waals surface area contributed by atoms with Gasteiger partial charge in [-0.25, -0.2) is 0 Å². The lowest BCUT2D eigenvalue weighted by Gasteiger charge is -2.28. The summed E-state index contributed by atoms with van der Waals surface area (Å²) in [4.78, 5) is 5.18. The van der Waals surface area contributed by atoms with E-state index in [1.807, 2.05) is 0 Å². The Morgan fingerprint density at radius 1 is 1.05 bits per heavy atom. The van der Waals surface area contributed by atoms with E-state index in [9.17, 15) is 0 Å². The fourth-order valence-corrected chi connectivity index (χ4v) is 6.02. The first-order valence-electron chi connectivity index (χ1n) is 8.48. The SMILES string of the molecule is CN(Cc1ccccc1CN1CCCC1)C1CSCCSC1. The summed E-state index contributed by atoms with van der Waals surface area (Å²) in [7, 11) is 2.31. The zero-order chi connectivity index (χ0) is 15.2. The molecule has 22 heavy (non-hydrogen) atoms. The molecule has 0 saturated carbocycles. The molecule has 2 aliphatic heterocycles. The van der Waals surface area contributed by atoms with Gasteiger partial charge in [0.15, 0.2) is 0 Å². The van der Waals surface area contributed by atoms with Crippen molar-refractivity contribution in [2.24, 2.45) is 0 Å². The summed E-state index contributed by atoms with van der Waals surface area (Å²) in [5, 5.41) is 0. The van der Waals surface area contributed by atoms with E-state index in [0.29, 0.717) is 0 Å². The van der Waals surface area contributed by atoms with Crippen molar-refractivity contribution < 1.29 is 0 Å². The maximum atomic E-state index is 2.61. The minimum absolute atomic E-state index is 0.720. The van der Waals surface area contributed by atoms with Gasteiger partial charge in [-0.2, -0.15) is 23.5 Å². The molecule has 3 rings (SSSR count). The number of nitrogens with zero attached hydrogens (tertiary/aromatic N) is 2. The smallest absolute Gasteiger partial charge is 0.0277 e. The molecule has 0 spiro atoms. The van der Waals surface area contributed by atoms with Crippen molar-refractivity contribution in [1.82, 2.24) is 9.80 Å². The van der Waals surface area contributed by atoms with Crippen molar-refractivity contribution in [1.29, 1.82) is 0 Å². The predicted molar refractivity (Wildman–Crippen MR) is 101 cm³/mol. The summed E-state index contributed by atoms with van der Waals surface area (Å²) in [5.74, 6) is 5.22. The highest BCUT2D eigenvalue weighted by Crippen LogP contribution is 2.22. The van der Waals surface area contributed by atoms with Crippen molar-refractivity contribution in [2.45, 2.75) is 32.0 Å². The molecule has 2 heterocycles. The zero-order valence-corrected chi connectivity index (χ0v) is 15.3. The molecule has 2 nitrogen and oxygen atoms in total. The number of likely N-dealkylation sites (tertiary alicyclic amines) is 1. The van der Waals surface area contributed by atoms with E-state index in [-0.39, 0.29) is 0 Å². The maximum absolute atomic E-state index is 2.61. The molecule has 0 aliphatic carbocycles. The average Bonchev–Trinajstić information content (AvgIpc) is 2.88. The predicted octanol–water partition coefficient (Wildman–Crippen LogP) is 3.56. The fourth-order valence-electron chi connectivity index (χ4n) is 3.30. The van der Waals surface area contributed by atoms with E-state index in [1.54, 1.807) is 0 Å². The van der Waals surface area contributed by atoms with Gasteiger partial charge in [-0.3, -0.25) is 9.80 Å². The zero-order valence-electron chi connectivity index (χ0n) is 13.7. The van der Waals surface area contributed by atoms with Crippen molar-refractivity contribution >= 4 is 23.5 Å². The Kier molecular flexibility index (Phi) is 6.54. The third-order valence-electron chi connectivity index (χ3n) is 4.75. The van der Waals surface area contributed by atoms with E-state index in [1.165, 1.54) is 60.1 Å². The van der Waals surface area contributed by atoms with Gasteiger partial charge in [0.05, 0.1) is 0 Å². The van der Waals surface area contributed by atoms with E-state index >= 15 is 0 Å². The van der Waals surface area contributed by atoms with Gasteiger partial charge in [0.2, 0.25) is 0 Å². The molecule has 0 bridgehead atoms. The minimum atomic E-state index is 0.720. The quantitative estimate of drug-likeness (QED) is 0.811. The molecule has 2 aliphatic rings. The first-order valence-corrected chi connectivity index (χ1v) is 10.8. The minimum Gasteiger partial charge on any atom is -0.299 e. The maximum Gasteiger partial charge on any atom is 0.0277 e. The second-order valence-electron chi connectivity index (χ2n) is 6.47. The highest BCUT2D eigenvalue weighted by Gasteiger charge is 2.19. The highest BCUT2D eigenvalue weighted by molar-refractivity contribution is 8.03. The Morgan fingerprint density at radius 3 is 2.36 bits per heavy atom. The molecule has 0 N–H and O–H groups in total. The van der Waals surface area contributed by atoms with Gasteiger partial charge in [-0.1, -0.05) is 24.3 Å². The van der Waals surface area contributed by atoms with Crippen LogP contribution in [-0.4, -0.2) is 59.0 Å². The van der Waals surface area contributed by atoms with Gasteiger partial charge in [0.1, 0.15) is 0 Å². The van der Waals surface area contributed by atoms with Gasteiger partial charge in [-0.15, -0.1) is 0 Å². The number of hydrogen-bond donors (Lipinski definition) is 0. The fraction of sp³-hybridized carbons (Fsp3) is 0.667. The van der Waals surface area contributed by atoms with E-state index < -0.39 is 0 Å². The first-order chi connectivity index (χ1) is 10.8. The van der Waals surface area contributed by atoms with Crippen molar-refractivity contribution in [3.8, 4) is 0 Å². The molecule has 1 aromatic rings. The van der Waals surface area contributed by atoms with Crippen molar-refractivity contribution in [3.63, 3.8) is 0 Å². The van der Waals surface area contributed by atoms with Crippen molar-refractivity contribution in [2.75, 3.05) is 43.1 Å². The summed E-state index contributed by atoms with van der Waals surface area (Å²) in [6, 6.07) is 9.79. The number of hydrogen-bond acceptors (Lipinski definition) is 4. The summed E-state index contributed by atoms with van der Waals surface area (Å²) >= 11 is 4.24. The molecule has 122 valence electrons. The van der Waals surface area contributed by atoms with Crippen LogP contribution < -0.4 is 0 Å². The first kappa shape index (κ1) is 16.7. The monoisotopic (exact) mass is 336 g/mol. The number of thioether (sulfide) groups is 2. The highest BCUT2D eigenvalue weighted by atomic mass is 32.2. The van der Waals surface area contributed by atoms with E-state index in [0.717, 1.165) is 19.1 Å². The summed E-state index contributed by atoms with van der Waals surface area (Å²) in [5.41, 5.74) is 3.06. The van der Waals surface area contributed by atoms with Gasteiger partial charge in [0, 0.05) is 42.1 Å². The normalized spacial score (nSPS) is 21.4. The Labute approximate surface area is 144 Å². The molecular weight excluding hydrogens is 308 g/mol. The van der Waals surface area contributed by atoms with Crippen LogP contribution in [0, 0.1) is 0 Å². The molecule has 0 radical (unpaired) electrons. The molecule has 0 amide bonds. The third kappa shape index (κ3) is 4.67. The second-order valence-corrected chi connectivity index (χ2v) is 8.77. The summed E-state index contributed by atoms with van der Waals surface area (Å²) in [6.07, 6.45) is 2.75. The lowest BCUT2D eigenvalue weighted by Crippen LogP contribution is -2.35. The van der Waals surface area contributed by atoms with Gasteiger partial charge < -0.3 is 0 Å². The lowest BCUT2D eigenvalue weighted by atomic mass is 10.1. The van der Waals surface area contributed by atoms with Crippen LogP contribution in [0.2, 0.25) is 0 Å². The van der Waals surface area contributed by atoms with Crippen LogP contribution in [-0.2, 0) is 13.1 Å².